The van der Waals surface area contributed by atoms with Gasteiger partial charge in [-0.25, -0.2) is 9.97 Å². The molecule has 0 saturated heterocycles. The van der Waals surface area contributed by atoms with E-state index in [9.17, 15) is 0 Å². The smallest absolute Gasteiger partial charge is 0.131 e. The van der Waals surface area contributed by atoms with Crippen molar-refractivity contribution in [2.75, 3.05) is 0 Å². The molecule has 0 spiro atoms. The van der Waals surface area contributed by atoms with Crippen molar-refractivity contribution in [3.05, 3.63) is 17.7 Å². The lowest BCUT2D eigenvalue weighted by molar-refractivity contribution is 0.508. The molecule has 1 atom stereocenters. The van der Waals surface area contributed by atoms with Crippen LogP contribution >= 0.6 is 0 Å². The van der Waals surface area contributed by atoms with Crippen LogP contribution < -0.4 is 0 Å². The minimum atomic E-state index is 0.402. The van der Waals surface area contributed by atoms with E-state index in [1.807, 2.05) is 24.9 Å². The van der Waals surface area contributed by atoms with Crippen molar-refractivity contribution in [1.82, 2.24) is 19.7 Å². The fraction of sp³-hybridized carbons (Fsp3) is 0.615. The zero-order valence-electron chi connectivity index (χ0n) is 11.2. The summed E-state index contributed by atoms with van der Waals surface area (Å²) in [5.74, 6) is 2.00. The SMILES string of the molecule is Cc1nn(C)c2cnc(C(C)CC(C)C)nc12. The number of nitrogens with zero attached hydrogens (tertiary/aromatic N) is 4. The largest absolute Gasteiger partial charge is 0.264 e. The summed E-state index contributed by atoms with van der Waals surface area (Å²) < 4.78 is 1.83. The Bertz CT molecular complexity index is 527. The molecule has 0 N–H and O–H groups in total. The molecule has 0 fully saturated rings. The van der Waals surface area contributed by atoms with E-state index in [1.54, 1.807) is 0 Å². The summed E-state index contributed by atoms with van der Waals surface area (Å²) in [5, 5.41) is 4.37. The zero-order chi connectivity index (χ0) is 12.6. The van der Waals surface area contributed by atoms with Crippen molar-refractivity contribution in [2.45, 2.75) is 40.0 Å². The van der Waals surface area contributed by atoms with Crippen LogP contribution in [-0.4, -0.2) is 19.7 Å². The normalized spacial score (nSPS) is 13.5. The predicted octanol–water partition coefficient (Wildman–Crippen LogP) is 2.82. The summed E-state index contributed by atoms with van der Waals surface area (Å²) in [6.45, 7) is 8.63. The Morgan fingerprint density at radius 2 is 2.00 bits per heavy atom. The van der Waals surface area contributed by atoms with Crippen molar-refractivity contribution in [2.24, 2.45) is 13.0 Å². The van der Waals surface area contributed by atoms with Crippen molar-refractivity contribution in [1.29, 1.82) is 0 Å². The lowest BCUT2D eigenvalue weighted by atomic mass is 9.98. The van der Waals surface area contributed by atoms with Crippen LogP contribution in [0.4, 0.5) is 0 Å². The molecule has 0 aliphatic carbocycles. The first kappa shape index (κ1) is 12.0. The van der Waals surface area contributed by atoms with Gasteiger partial charge in [-0.15, -0.1) is 0 Å². The van der Waals surface area contributed by atoms with Gasteiger partial charge in [0.05, 0.1) is 11.9 Å². The number of aromatic nitrogens is 4. The Morgan fingerprint density at radius 3 is 2.65 bits per heavy atom. The molecule has 2 heterocycles. The van der Waals surface area contributed by atoms with E-state index in [-0.39, 0.29) is 0 Å². The molecule has 0 aliphatic rings. The van der Waals surface area contributed by atoms with E-state index in [0.717, 1.165) is 29.0 Å². The molecule has 4 heteroatoms. The average Bonchev–Trinajstić information content (AvgIpc) is 2.53. The van der Waals surface area contributed by atoms with Gasteiger partial charge in [-0.05, 0) is 19.3 Å². The van der Waals surface area contributed by atoms with Gasteiger partial charge in [0.25, 0.3) is 0 Å². The molecular formula is C13H20N4. The number of hydrogen-bond acceptors (Lipinski definition) is 3. The maximum absolute atomic E-state index is 4.65. The fourth-order valence-electron chi connectivity index (χ4n) is 2.27. The molecule has 2 aromatic heterocycles. The number of rotatable bonds is 3. The average molecular weight is 232 g/mol. The lowest BCUT2D eigenvalue weighted by Crippen LogP contribution is -2.04. The molecule has 17 heavy (non-hydrogen) atoms. The number of aryl methyl sites for hydroxylation is 2. The van der Waals surface area contributed by atoms with Gasteiger partial charge >= 0.3 is 0 Å². The number of fused-ring (bicyclic) bond motifs is 1. The van der Waals surface area contributed by atoms with E-state index < -0.39 is 0 Å². The predicted molar refractivity (Wildman–Crippen MR) is 68.9 cm³/mol. The Balaban J connectivity index is 2.40. The highest BCUT2D eigenvalue weighted by Gasteiger charge is 2.14. The Kier molecular flexibility index (Phi) is 3.13. The third kappa shape index (κ3) is 2.30. The first-order valence-electron chi connectivity index (χ1n) is 6.15. The van der Waals surface area contributed by atoms with Crippen LogP contribution in [0.25, 0.3) is 11.0 Å². The van der Waals surface area contributed by atoms with E-state index in [1.165, 1.54) is 0 Å². The minimum Gasteiger partial charge on any atom is -0.264 e. The highest BCUT2D eigenvalue weighted by Crippen LogP contribution is 2.22. The molecular weight excluding hydrogens is 212 g/mol. The molecule has 2 rings (SSSR count). The molecule has 0 aliphatic heterocycles. The van der Waals surface area contributed by atoms with Crippen LogP contribution in [0.15, 0.2) is 6.20 Å². The molecule has 92 valence electrons. The molecule has 0 amide bonds. The maximum atomic E-state index is 4.65. The van der Waals surface area contributed by atoms with Gasteiger partial charge in [-0.2, -0.15) is 5.10 Å². The Morgan fingerprint density at radius 1 is 1.29 bits per heavy atom. The van der Waals surface area contributed by atoms with Crippen molar-refractivity contribution in [3.8, 4) is 0 Å². The quantitative estimate of drug-likeness (QED) is 0.817. The van der Waals surface area contributed by atoms with Crippen LogP contribution in [0.1, 0.15) is 44.6 Å². The van der Waals surface area contributed by atoms with Gasteiger partial charge in [-0.1, -0.05) is 20.8 Å². The molecule has 4 nitrogen and oxygen atoms in total. The lowest BCUT2D eigenvalue weighted by Gasteiger charge is -2.12. The van der Waals surface area contributed by atoms with Crippen LogP contribution in [0.3, 0.4) is 0 Å². The van der Waals surface area contributed by atoms with Crippen molar-refractivity contribution >= 4 is 11.0 Å². The first-order chi connectivity index (χ1) is 7.99. The first-order valence-corrected chi connectivity index (χ1v) is 6.15. The van der Waals surface area contributed by atoms with Crippen LogP contribution in [-0.2, 0) is 7.05 Å². The van der Waals surface area contributed by atoms with Crippen molar-refractivity contribution < 1.29 is 0 Å². The summed E-state index contributed by atoms with van der Waals surface area (Å²) in [4.78, 5) is 9.12. The van der Waals surface area contributed by atoms with Crippen LogP contribution in [0.2, 0.25) is 0 Å². The van der Waals surface area contributed by atoms with E-state index in [2.05, 4.69) is 35.8 Å². The summed E-state index contributed by atoms with van der Waals surface area (Å²) in [7, 11) is 1.93. The van der Waals surface area contributed by atoms with Crippen LogP contribution in [0, 0.1) is 12.8 Å². The van der Waals surface area contributed by atoms with Crippen LogP contribution in [0.5, 0.6) is 0 Å². The third-order valence-corrected chi connectivity index (χ3v) is 3.05. The minimum absolute atomic E-state index is 0.402. The van der Waals surface area contributed by atoms with Gasteiger partial charge in [0.15, 0.2) is 0 Å². The molecule has 0 saturated carbocycles. The van der Waals surface area contributed by atoms with Gasteiger partial charge in [0, 0.05) is 13.0 Å². The topological polar surface area (TPSA) is 43.6 Å². The molecule has 1 unspecified atom stereocenters. The fourth-order valence-corrected chi connectivity index (χ4v) is 2.27. The second kappa shape index (κ2) is 4.43. The summed E-state index contributed by atoms with van der Waals surface area (Å²) >= 11 is 0. The highest BCUT2D eigenvalue weighted by atomic mass is 15.3. The van der Waals surface area contributed by atoms with E-state index >= 15 is 0 Å². The molecule has 0 bridgehead atoms. The maximum Gasteiger partial charge on any atom is 0.131 e. The molecule has 0 radical (unpaired) electrons. The second-order valence-electron chi connectivity index (χ2n) is 5.20. The second-order valence-corrected chi connectivity index (χ2v) is 5.20. The standard InChI is InChI=1S/C13H20N4/c1-8(2)6-9(3)13-14-7-11-12(15-13)10(4)16-17(11)5/h7-9H,6H2,1-5H3. The van der Waals surface area contributed by atoms with E-state index in [4.69, 9.17) is 0 Å². The Labute approximate surface area is 102 Å². The van der Waals surface area contributed by atoms with Gasteiger partial charge in [0.2, 0.25) is 0 Å². The Hall–Kier alpha value is -1.45. The number of hydrogen-bond donors (Lipinski definition) is 0. The monoisotopic (exact) mass is 232 g/mol. The van der Waals surface area contributed by atoms with Crippen molar-refractivity contribution in [3.63, 3.8) is 0 Å². The molecule has 2 aromatic rings. The van der Waals surface area contributed by atoms with Gasteiger partial charge in [-0.3, -0.25) is 4.68 Å². The molecule has 0 aromatic carbocycles. The summed E-state index contributed by atoms with van der Waals surface area (Å²) in [5.41, 5.74) is 2.96. The van der Waals surface area contributed by atoms with Gasteiger partial charge in [0.1, 0.15) is 16.9 Å². The van der Waals surface area contributed by atoms with E-state index in [0.29, 0.717) is 11.8 Å². The van der Waals surface area contributed by atoms with Gasteiger partial charge < -0.3 is 0 Å². The summed E-state index contributed by atoms with van der Waals surface area (Å²) in [6, 6.07) is 0. The summed E-state index contributed by atoms with van der Waals surface area (Å²) in [6.07, 6.45) is 3.00. The highest BCUT2D eigenvalue weighted by molar-refractivity contribution is 5.76. The zero-order valence-corrected chi connectivity index (χ0v) is 11.2. The third-order valence-electron chi connectivity index (χ3n) is 3.05.